The normalized spacial score (nSPS) is 12.4. The molecule has 0 saturated heterocycles. The highest BCUT2D eigenvalue weighted by Gasteiger charge is 2.41. The minimum absolute atomic E-state index is 0.161. The van der Waals surface area contributed by atoms with Crippen molar-refractivity contribution in [1.82, 2.24) is 5.16 Å². The van der Waals surface area contributed by atoms with Gasteiger partial charge in [0.15, 0.2) is 4.90 Å². The Morgan fingerprint density at radius 2 is 1.57 bits per heavy atom. The van der Waals surface area contributed by atoms with Gasteiger partial charge in [-0.2, -0.15) is 13.2 Å². The first-order valence-corrected chi connectivity index (χ1v) is 8.79. The number of primary sulfonamides is 1. The van der Waals surface area contributed by atoms with Crippen molar-refractivity contribution in [2.75, 3.05) is 0 Å². The first-order valence-electron chi connectivity index (χ1n) is 7.24. The molecule has 0 saturated carbocycles. The quantitative estimate of drug-likeness (QED) is 0.645. The topological polar surface area (TPSA) is 86.2 Å². The van der Waals surface area contributed by atoms with Crippen LogP contribution in [0.15, 0.2) is 45.8 Å². The molecule has 2 N–H and O–H groups in total. The van der Waals surface area contributed by atoms with Gasteiger partial charge in [-0.3, -0.25) is 0 Å². The van der Waals surface area contributed by atoms with Gasteiger partial charge in [-0.15, -0.1) is 0 Å². The maximum atomic E-state index is 14.1. The van der Waals surface area contributed by atoms with Gasteiger partial charge >= 0.3 is 6.18 Å². The summed E-state index contributed by atoms with van der Waals surface area (Å²) in [6.45, 7) is 0. The molecule has 1 aromatic heterocycles. The second kappa shape index (κ2) is 6.63. The van der Waals surface area contributed by atoms with E-state index in [0.29, 0.717) is 12.1 Å². The SMILES string of the molecule is NS(=O)(=O)c1c(F)cc(-c2c(-c3cccc(F)c3)noc2C(F)(F)F)cc1F. The van der Waals surface area contributed by atoms with Crippen LogP contribution in [0.3, 0.4) is 0 Å². The Hall–Kier alpha value is -2.86. The van der Waals surface area contributed by atoms with E-state index in [1.54, 1.807) is 0 Å². The van der Waals surface area contributed by atoms with E-state index in [1.807, 2.05) is 0 Å². The van der Waals surface area contributed by atoms with Crippen LogP contribution in [-0.2, 0) is 16.2 Å². The van der Waals surface area contributed by atoms with Gasteiger partial charge < -0.3 is 4.52 Å². The minimum Gasteiger partial charge on any atom is -0.350 e. The first kappa shape index (κ1) is 19.9. The average Bonchev–Trinajstić information content (AvgIpc) is 2.97. The van der Waals surface area contributed by atoms with Gasteiger partial charge in [0.25, 0.3) is 0 Å². The molecule has 0 amide bonds. The summed E-state index contributed by atoms with van der Waals surface area (Å²) in [5.74, 6) is -5.93. The van der Waals surface area contributed by atoms with Gasteiger partial charge in [0.05, 0.1) is 5.56 Å². The zero-order valence-electron chi connectivity index (χ0n) is 13.4. The molecular formula is C16H8F6N2O3S. The smallest absolute Gasteiger partial charge is 0.350 e. The third-order valence-corrected chi connectivity index (χ3v) is 4.58. The molecule has 0 atom stereocenters. The summed E-state index contributed by atoms with van der Waals surface area (Å²) in [6, 6.07) is 4.93. The van der Waals surface area contributed by atoms with Crippen molar-refractivity contribution in [3.63, 3.8) is 0 Å². The molecular weight excluding hydrogens is 414 g/mol. The molecule has 5 nitrogen and oxygen atoms in total. The molecule has 0 aliphatic carbocycles. The fourth-order valence-corrected chi connectivity index (χ4v) is 3.22. The van der Waals surface area contributed by atoms with E-state index < -0.39 is 61.1 Å². The van der Waals surface area contributed by atoms with Gasteiger partial charge in [0.1, 0.15) is 23.1 Å². The van der Waals surface area contributed by atoms with Crippen molar-refractivity contribution >= 4 is 10.0 Å². The van der Waals surface area contributed by atoms with Crippen molar-refractivity contribution < 1.29 is 39.3 Å². The third kappa shape index (κ3) is 3.60. The predicted octanol–water partition coefficient (Wildman–Crippen LogP) is 4.09. The Kier molecular flexibility index (Phi) is 4.71. The number of hydrogen-bond acceptors (Lipinski definition) is 4. The summed E-state index contributed by atoms with van der Waals surface area (Å²) in [5, 5.41) is 7.95. The number of halogens is 6. The van der Waals surface area contributed by atoms with Crippen LogP contribution in [0.5, 0.6) is 0 Å². The fraction of sp³-hybridized carbons (Fsp3) is 0.0625. The van der Waals surface area contributed by atoms with Crippen LogP contribution in [0.2, 0.25) is 0 Å². The Morgan fingerprint density at radius 1 is 0.964 bits per heavy atom. The first-order chi connectivity index (χ1) is 12.9. The highest BCUT2D eigenvalue weighted by Crippen LogP contribution is 2.43. The zero-order chi connectivity index (χ0) is 20.9. The largest absolute Gasteiger partial charge is 0.453 e. The second-order valence-corrected chi connectivity index (χ2v) is 7.06. The van der Waals surface area contributed by atoms with E-state index in [2.05, 4.69) is 9.68 Å². The number of alkyl halides is 3. The van der Waals surface area contributed by atoms with Crippen LogP contribution in [-0.4, -0.2) is 13.6 Å². The van der Waals surface area contributed by atoms with Crippen molar-refractivity contribution in [2.45, 2.75) is 11.1 Å². The number of hydrogen-bond donors (Lipinski definition) is 1. The average molecular weight is 422 g/mol. The van der Waals surface area contributed by atoms with E-state index in [-0.39, 0.29) is 5.56 Å². The van der Waals surface area contributed by atoms with E-state index in [4.69, 9.17) is 5.14 Å². The Morgan fingerprint density at radius 3 is 2.07 bits per heavy atom. The number of sulfonamides is 1. The van der Waals surface area contributed by atoms with Crippen LogP contribution in [0.1, 0.15) is 5.76 Å². The van der Waals surface area contributed by atoms with E-state index in [0.717, 1.165) is 12.1 Å². The van der Waals surface area contributed by atoms with E-state index >= 15 is 0 Å². The molecule has 0 spiro atoms. The van der Waals surface area contributed by atoms with Crippen LogP contribution in [0, 0.1) is 17.5 Å². The van der Waals surface area contributed by atoms with Gasteiger partial charge in [0, 0.05) is 5.56 Å². The molecule has 12 heteroatoms. The van der Waals surface area contributed by atoms with Crippen LogP contribution < -0.4 is 5.14 Å². The third-order valence-electron chi connectivity index (χ3n) is 3.62. The summed E-state index contributed by atoms with van der Waals surface area (Å²) >= 11 is 0. The molecule has 0 aliphatic rings. The van der Waals surface area contributed by atoms with Crippen LogP contribution in [0.4, 0.5) is 26.3 Å². The van der Waals surface area contributed by atoms with Gasteiger partial charge in [-0.1, -0.05) is 17.3 Å². The standard InChI is InChI=1S/C16H8F6N2O3S/c17-9-3-1-2-7(4-9)13-12(15(27-24-13)16(20,21)22)8-5-10(18)14(11(19)6-8)28(23,25)26/h1-6H,(H2,23,25,26). The molecule has 0 aliphatic heterocycles. The Labute approximate surface area is 153 Å². The van der Waals surface area contributed by atoms with Gasteiger partial charge in [0.2, 0.25) is 15.8 Å². The molecule has 2 aromatic carbocycles. The number of nitrogens with two attached hydrogens (primary N) is 1. The summed E-state index contributed by atoms with van der Waals surface area (Å²) in [4.78, 5) is -1.51. The lowest BCUT2D eigenvalue weighted by molar-refractivity contribution is -0.154. The predicted molar refractivity (Wildman–Crippen MR) is 83.6 cm³/mol. The summed E-state index contributed by atoms with van der Waals surface area (Å²) in [6.07, 6.45) is -5.11. The zero-order valence-corrected chi connectivity index (χ0v) is 14.2. The van der Waals surface area contributed by atoms with Crippen LogP contribution >= 0.6 is 0 Å². The Balaban J connectivity index is 2.34. The van der Waals surface area contributed by atoms with E-state index in [9.17, 15) is 34.8 Å². The minimum atomic E-state index is -5.11. The van der Waals surface area contributed by atoms with Gasteiger partial charge in [-0.05, 0) is 29.8 Å². The number of aromatic nitrogens is 1. The van der Waals surface area contributed by atoms with Crippen LogP contribution in [0.25, 0.3) is 22.4 Å². The maximum absolute atomic E-state index is 14.1. The summed E-state index contributed by atoms with van der Waals surface area (Å²) in [7, 11) is -4.82. The fourth-order valence-electron chi connectivity index (χ4n) is 2.56. The lowest BCUT2D eigenvalue weighted by Crippen LogP contribution is -2.16. The lowest BCUT2D eigenvalue weighted by atomic mass is 9.98. The summed E-state index contributed by atoms with van der Waals surface area (Å²) in [5.41, 5.74) is -2.33. The Bertz CT molecular complexity index is 1150. The molecule has 0 unspecified atom stereocenters. The molecule has 3 rings (SSSR count). The molecule has 0 bridgehead atoms. The maximum Gasteiger partial charge on any atom is 0.453 e. The monoisotopic (exact) mass is 422 g/mol. The molecule has 148 valence electrons. The molecule has 0 radical (unpaired) electrons. The number of benzene rings is 2. The van der Waals surface area contributed by atoms with Gasteiger partial charge in [-0.25, -0.2) is 26.7 Å². The summed E-state index contributed by atoms with van der Waals surface area (Å²) < 4.78 is 108. The highest BCUT2D eigenvalue weighted by atomic mass is 32.2. The second-order valence-electron chi connectivity index (χ2n) is 5.56. The van der Waals surface area contributed by atoms with Crippen molar-refractivity contribution in [3.8, 4) is 22.4 Å². The molecule has 28 heavy (non-hydrogen) atoms. The van der Waals surface area contributed by atoms with Crippen molar-refractivity contribution in [1.29, 1.82) is 0 Å². The highest BCUT2D eigenvalue weighted by molar-refractivity contribution is 7.89. The molecule has 0 fully saturated rings. The number of nitrogens with zero attached hydrogens (tertiary/aromatic N) is 1. The molecule has 1 heterocycles. The number of rotatable bonds is 3. The lowest BCUT2D eigenvalue weighted by Gasteiger charge is -2.10. The van der Waals surface area contributed by atoms with Crippen molar-refractivity contribution in [2.24, 2.45) is 5.14 Å². The van der Waals surface area contributed by atoms with Crippen molar-refractivity contribution in [3.05, 3.63) is 59.6 Å². The van der Waals surface area contributed by atoms with E-state index in [1.165, 1.54) is 12.1 Å². The molecule has 3 aromatic rings.